The van der Waals surface area contributed by atoms with Gasteiger partial charge in [0.1, 0.15) is 5.75 Å². The van der Waals surface area contributed by atoms with Gasteiger partial charge in [-0.15, -0.1) is 0 Å². The maximum Gasteiger partial charge on any atom is 0.270 e. The molecule has 1 fully saturated rings. The summed E-state index contributed by atoms with van der Waals surface area (Å²) in [5, 5.41) is 22.9. The minimum absolute atomic E-state index is 0.0267. The van der Waals surface area contributed by atoms with E-state index in [1.165, 1.54) is 12.1 Å². The SMILES string of the molecule is CC(c1ccccc1)(c1ccccc1)c1cc([N+](=O)[O-])cc(C=NC2CCC2)c1O. The standard InChI is InChI=1S/C25H24N2O3/c1-25(19-9-4-2-5-10-19,20-11-6-3-7-12-20)23-16-22(27(29)30)15-18(24(23)28)17-26-21-13-8-14-21/h2-7,9-12,15-17,21,28H,8,13-14H2,1H3. The number of phenols is 1. The maximum absolute atomic E-state index is 11.7. The van der Waals surface area contributed by atoms with Crippen molar-refractivity contribution < 1.29 is 10.0 Å². The topological polar surface area (TPSA) is 75.7 Å². The first kappa shape index (κ1) is 19.8. The Bertz CT molecular complexity index is 1030. The maximum atomic E-state index is 11.7. The zero-order chi connectivity index (χ0) is 21.1. The van der Waals surface area contributed by atoms with Gasteiger partial charge in [0, 0.05) is 40.9 Å². The Hall–Kier alpha value is -3.47. The van der Waals surface area contributed by atoms with Crippen molar-refractivity contribution in [3.8, 4) is 5.75 Å². The minimum Gasteiger partial charge on any atom is -0.507 e. The average Bonchev–Trinajstić information content (AvgIpc) is 2.74. The molecule has 0 atom stereocenters. The van der Waals surface area contributed by atoms with E-state index in [-0.39, 0.29) is 17.5 Å². The van der Waals surface area contributed by atoms with Crippen LogP contribution in [0.1, 0.15) is 48.4 Å². The number of phenolic OH excluding ortho intramolecular Hbond substituents is 1. The van der Waals surface area contributed by atoms with Gasteiger partial charge < -0.3 is 5.11 Å². The molecule has 0 radical (unpaired) electrons. The van der Waals surface area contributed by atoms with E-state index in [2.05, 4.69) is 4.99 Å². The predicted octanol–water partition coefficient (Wildman–Crippen LogP) is 5.63. The van der Waals surface area contributed by atoms with Crippen molar-refractivity contribution in [2.45, 2.75) is 37.6 Å². The van der Waals surface area contributed by atoms with Crippen LogP contribution in [0.15, 0.2) is 77.8 Å². The molecule has 0 unspecified atom stereocenters. The molecule has 0 heterocycles. The molecule has 152 valence electrons. The summed E-state index contributed by atoms with van der Waals surface area (Å²) in [7, 11) is 0. The van der Waals surface area contributed by atoms with Crippen LogP contribution in [0.5, 0.6) is 5.75 Å². The van der Waals surface area contributed by atoms with Crippen molar-refractivity contribution in [3.63, 3.8) is 0 Å². The van der Waals surface area contributed by atoms with Gasteiger partial charge in [-0.1, -0.05) is 60.7 Å². The van der Waals surface area contributed by atoms with Crippen molar-refractivity contribution in [2.75, 3.05) is 0 Å². The smallest absolute Gasteiger partial charge is 0.270 e. The molecule has 5 nitrogen and oxygen atoms in total. The minimum atomic E-state index is -0.780. The second kappa shape index (κ2) is 8.11. The Morgan fingerprint density at radius 2 is 1.60 bits per heavy atom. The van der Waals surface area contributed by atoms with E-state index in [0.717, 1.165) is 30.4 Å². The van der Waals surface area contributed by atoms with Crippen molar-refractivity contribution in [1.82, 2.24) is 0 Å². The molecule has 3 aromatic rings. The Labute approximate surface area is 175 Å². The van der Waals surface area contributed by atoms with Crippen LogP contribution >= 0.6 is 0 Å². The fourth-order valence-corrected chi connectivity index (χ4v) is 3.97. The van der Waals surface area contributed by atoms with Crippen molar-refractivity contribution >= 4 is 11.9 Å². The van der Waals surface area contributed by atoms with E-state index in [0.29, 0.717) is 11.1 Å². The number of rotatable bonds is 6. The Morgan fingerprint density at radius 1 is 1.03 bits per heavy atom. The highest BCUT2D eigenvalue weighted by Gasteiger charge is 2.35. The molecule has 0 spiro atoms. The van der Waals surface area contributed by atoms with E-state index in [1.807, 2.05) is 67.6 Å². The number of aliphatic imine (C=N–C) groups is 1. The molecular weight excluding hydrogens is 376 g/mol. The summed E-state index contributed by atoms with van der Waals surface area (Å²) in [5.41, 5.74) is 1.91. The predicted molar refractivity (Wildman–Crippen MR) is 118 cm³/mol. The number of nitrogens with zero attached hydrogens (tertiary/aromatic N) is 2. The quantitative estimate of drug-likeness (QED) is 0.252. The van der Waals surface area contributed by atoms with E-state index >= 15 is 0 Å². The van der Waals surface area contributed by atoms with Crippen LogP contribution in [0.4, 0.5) is 5.69 Å². The first-order valence-electron chi connectivity index (χ1n) is 10.2. The summed E-state index contributed by atoms with van der Waals surface area (Å²) in [6.07, 6.45) is 4.77. The van der Waals surface area contributed by atoms with Crippen molar-refractivity contribution in [1.29, 1.82) is 0 Å². The highest BCUT2D eigenvalue weighted by molar-refractivity contribution is 5.86. The summed E-state index contributed by atoms with van der Waals surface area (Å²) in [4.78, 5) is 15.8. The largest absolute Gasteiger partial charge is 0.507 e. The molecular formula is C25H24N2O3. The molecule has 3 aromatic carbocycles. The molecule has 30 heavy (non-hydrogen) atoms. The van der Waals surface area contributed by atoms with Gasteiger partial charge in [0.05, 0.1) is 4.92 Å². The second-order valence-electron chi connectivity index (χ2n) is 7.91. The molecule has 4 rings (SSSR count). The van der Waals surface area contributed by atoms with Crippen LogP contribution in [0.3, 0.4) is 0 Å². The molecule has 1 aliphatic rings. The molecule has 0 amide bonds. The van der Waals surface area contributed by atoms with Gasteiger partial charge in [0.25, 0.3) is 5.69 Å². The van der Waals surface area contributed by atoms with Gasteiger partial charge in [-0.25, -0.2) is 0 Å². The lowest BCUT2D eigenvalue weighted by Crippen LogP contribution is -2.26. The molecule has 0 aliphatic heterocycles. The van der Waals surface area contributed by atoms with Crippen LogP contribution in [0.2, 0.25) is 0 Å². The second-order valence-corrected chi connectivity index (χ2v) is 7.91. The summed E-state index contributed by atoms with van der Waals surface area (Å²) in [6, 6.07) is 22.6. The number of aromatic hydroxyl groups is 1. The monoisotopic (exact) mass is 400 g/mol. The molecule has 1 N–H and O–H groups in total. The van der Waals surface area contributed by atoms with Crippen molar-refractivity contribution in [2.24, 2.45) is 4.99 Å². The fourth-order valence-electron chi connectivity index (χ4n) is 3.97. The Morgan fingerprint density at radius 3 is 2.07 bits per heavy atom. The van der Waals surface area contributed by atoms with Gasteiger partial charge >= 0.3 is 0 Å². The molecule has 5 heteroatoms. The Kier molecular flexibility index (Phi) is 5.36. The van der Waals surface area contributed by atoms with Gasteiger partial charge in [0.15, 0.2) is 0 Å². The fraction of sp³-hybridized carbons (Fsp3) is 0.240. The normalized spacial score (nSPS) is 14.6. The summed E-state index contributed by atoms with van der Waals surface area (Å²) in [6.45, 7) is 1.99. The Balaban J connectivity index is 1.95. The number of nitro groups is 1. The van der Waals surface area contributed by atoms with E-state index in [9.17, 15) is 15.2 Å². The van der Waals surface area contributed by atoms with Gasteiger partial charge in [-0.2, -0.15) is 0 Å². The third-order valence-electron chi connectivity index (χ3n) is 6.08. The lowest BCUT2D eigenvalue weighted by Gasteiger charge is -2.32. The third-order valence-corrected chi connectivity index (χ3v) is 6.08. The number of hydrogen-bond donors (Lipinski definition) is 1. The van der Waals surface area contributed by atoms with Crippen LogP contribution in [-0.2, 0) is 5.41 Å². The number of non-ortho nitro benzene ring substituents is 1. The third kappa shape index (κ3) is 3.59. The highest BCUT2D eigenvalue weighted by Crippen LogP contribution is 2.45. The van der Waals surface area contributed by atoms with Gasteiger partial charge in [0.2, 0.25) is 0 Å². The molecule has 0 saturated heterocycles. The van der Waals surface area contributed by atoms with Crippen LogP contribution in [-0.4, -0.2) is 22.3 Å². The van der Waals surface area contributed by atoms with E-state index < -0.39 is 10.3 Å². The number of nitro benzene ring substituents is 1. The van der Waals surface area contributed by atoms with Crippen LogP contribution < -0.4 is 0 Å². The molecule has 0 bridgehead atoms. The summed E-state index contributed by atoms with van der Waals surface area (Å²) < 4.78 is 0. The zero-order valence-electron chi connectivity index (χ0n) is 16.9. The van der Waals surface area contributed by atoms with E-state index in [4.69, 9.17) is 0 Å². The van der Waals surface area contributed by atoms with E-state index in [1.54, 1.807) is 6.21 Å². The van der Waals surface area contributed by atoms with Gasteiger partial charge in [-0.05, 0) is 37.3 Å². The summed E-state index contributed by atoms with van der Waals surface area (Å²) in [5.74, 6) is 0.0267. The van der Waals surface area contributed by atoms with Crippen molar-refractivity contribution in [3.05, 3.63) is 105 Å². The average molecular weight is 400 g/mol. The lowest BCUT2D eigenvalue weighted by molar-refractivity contribution is -0.385. The molecule has 1 aliphatic carbocycles. The number of hydrogen-bond acceptors (Lipinski definition) is 4. The molecule has 1 saturated carbocycles. The summed E-state index contributed by atoms with van der Waals surface area (Å²) >= 11 is 0. The lowest BCUT2D eigenvalue weighted by atomic mass is 9.70. The molecule has 0 aromatic heterocycles. The zero-order valence-corrected chi connectivity index (χ0v) is 16.9. The van der Waals surface area contributed by atoms with Crippen LogP contribution in [0.25, 0.3) is 0 Å². The first-order valence-corrected chi connectivity index (χ1v) is 10.2. The van der Waals surface area contributed by atoms with Gasteiger partial charge in [-0.3, -0.25) is 15.1 Å². The highest BCUT2D eigenvalue weighted by atomic mass is 16.6. The first-order chi connectivity index (χ1) is 14.5. The van der Waals surface area contributed by atoms with Crippen LogP contribution in [0, 0.1) is 10.1 Å². The number of benzene rings is 3.